The Labute approximate surface area is 196 Å². The molecule has 0 aliphatic carbocycles. The predicted molar refractivity (Wildman–Crippen MR) is 129 cm³/mol. The topological polar surface area (TPSA) is 144 Å². The number of fused-ring (bicyclic) bond motifs is 1. The molecule has 2 aromatic carbocycles. The van der Waals surface area contributed by atoms with Crippen molar-refractivity contribution in [3.63, 3.8) is 0 Å². The molecule has 2 heterocycles. The largest absolute Gasteiger partial charge is 0.493 e. The maximum absolute atomic E-state index is 12.5. The molecule has 0 aliphatic rings. The van der Waals surface area contributed by atoms with E-state index in [1.165, 1.54) is 0 Å². The number of carbonyl (C=O) groups is 1. The summed E-state index contributed by atoms with van der Waals surface area (Å²) >= 11 is 0. The summed E-state index contributed by atoms with van der Waals surface area (Å²) in [7, 11) is 3.19. The summed E-state index contributed by atoms with van der Waals surface area (Å²) in [6, 6.07) is 11.1. The molecule has 4 aromatic rings. The van der Waals surface area contributed by atoms with Gasteiger partial charge in [-0.05, 0) is 49.2 Å². The Morgan fingerprint density at radius 1 is 1.18 bits per heavy atom. The second kappa shape index (κ2) is 9.65. The highest BCUT2D eigenvalue weighted by Crippen LogP contribution is 2.27. The van der Waals surface area contributed by atoms with Crippen molar-refractivity contribution in [1.29, 1.82) is 5.41 Å². The zero-order valence-corrected chi connectivity index (χ0v) is 19.3. The molecule has 4 rings (SSSR count). The van der Waals surface area contributed by atoms with E-state index in [1.54, 1.807) is 37.2 Å². The Balaban J connectivity index is 1.39. The number of ether oxygens (including phenoxy) is 2. The molecule has 34 heavy (non-hydrogen) atoms. The minimum atomic E-state index is -0.108. The quantitative estimate of drug-likeness (QED) is 0.223. The van der Waals surface area contributed by atoms with Crippen molar-refractivity contribution in [3.8, 4) is 23.0 Å². The van der Waals surface area contributed by atoms with E-state index >= 15 is 0 Å². The van der Waals surface area contributed by atoms with Crippen LogP contribution in [0.4, 0.5) is 0 Å². The number of nitrogen functional groups attached to an aromatic ring is 1. The number of nitrogens with zero attached hydrogens (tertiary/aromatic N) is 3. The van der Waals surface area contributed by atoms with Gasteiger partial charge in [0.15, 0.2) is 17.3 Å². The summed E-state index contributed by atoms with van der Waals surface area (Å²) in [5, 5.41) is 10.5. The number of nitrogens with one attached hydrogen (secondary N) is 3. The van der Waals surface area contributed by atoms with Crippen LogP contribution >= 0.6 is 0 Å². The van der Waals surface area contributed by atoms with Crippen LogP contribution in [0.5, 0.6) is 11.5 Å². The van der Waals surface area contributed by atoms with E-state index in [1.807, 2.05) is 31.2 Å². The number of methoxy groups -OCH3 is 2. The van der Waals surface area contributed by atoms with E-state index in [9.17, 15) is 4.79 Å². The van der Waals surface area contributed by atoms with Crippen LogP contribution in [0.15, 0.2) is 42.7 Å². The number of benzene rings is 2. The Hall–Kier alpha value is -4.34. The predicted octanol–water partition coefficient (Wildman–Crippen LogP) is 2.39. The van der Waals surface area contributed by atoms with Crippen LogP contribution < -0.4 is 20.5 Å². The SMILES string of the molecule is COc1ccc(CCNC(=O)Cn2cnc(-c3nc4ccc(C(=N)N)cc4[nH]3)c2C)cc1OC. The van der Waals surface area contributed by atoms with Gasteiger partial charge < -0.3 is 30.1 Å². The van der Waals surface area contributed by atoms with Gasteiger partial charge in [-0.15, -0.1) is 0 Å². The summed E-state index contributed by atoms with van der Waals surface area (Å²) in [5.41, 5.74) is 10.2. The van der Waals surface area contributed by atoms with E-state index in [2.05, 4.69) is 20.3 Å². The molecule has 0 saturated heterocycles. The van der Waals surface area contributed by atoms with Gasteiger partial charge in [0.25, 0.3) is 0 Å². The second-order valence-electron chi connectivity index (χ2n) is 7.83. The molecule has 176 valence electrons. The molecule has 0 atom stereocenters. The number of H-pyrrole nitrogens is 1. The summed E-state index contributed by atoms with van der Waals surface area (Å²) in [6.45, 7) is 2.55. The third-order valence-electron chi connectivity index (χ3n) is 5.61. The van der Waals surface area contributed by atoms with Gasteiger partial charge in [0.2, 0.25) is 5.91 Å². The molecule has 0 saturated carbocycles. The maximum atomic E-state index is 12.5. The number of aromatic amines is 1. The average molecular weight is 462 g/mol. The molecule has 0 aliphatic heterocycles. The van der Waals surface area contributed by atoms with Gasteiger partial charge in [0.1, 0.15) is 18.1 Å². The fraction of sp³-hybridized carbons (Fsp3) is 0.250. The average Bonchev–Trinajstić information content (AvgIpc) is 3.41. The summed E-state index contributed by atoms with van der Waals surface area (Å²) in [6.07, 6.45) is 2.30. The zero-order chi connectivity index (χ0) is 24.2. The van der Waals surface area contributed by atoms with Gasteiger partial charge in [-0.2, -0.15) is 0 Å². The Morgan fingerprint density at radius 3 is 2.71 bits per heavy atom. The first-order chi connectivity index (χ1) is 16.4. The molecule has 0 unspecified atom stereocenters. The number of carbonyl (C=O) groups excluding carboxylic acids is 1. The minimum absolute atomic E-state index is 0.00403. The molecule has 0 radical (unpaired) electrons. The van der Waals surface area contributed by atoms with Gasteiger partial charge >= 0.3 is 0 Å². The fourth-order valence-electron chi connectivity index (χ4n) is 3.72. The van der Waals surface area contributed by atoms with E-state index < -0.39 is 0 Å². The van der Waals surface area contributed by atoms with Gasteiger partial charge in [-0.3, -0.25) is 10.2 Å². The molecule has 0 bridgehead atoms. The second-order valence-corrected chi connectivity index (χ2v) is 7.83. The van der Waals surface area contributed by atoms with Gasteiger partial charge in [0.05, 0.1) is 31.6 Å². The minimum Gasteiger partial charge on any atom is -0.493 e. The van der Waals surface area contributed by atoms with E-state index in [0.717, 1.165) is 22.3 Å². The molecule has 5 N–H and O–H groups in total. The van der Waals surface area contributed by atoms with Crippen molar-refractivity contribution in [1.82, 2.24) is 24.8 Å². The number of hydrogen-bond acceptors (Lipinski definition) is 6. The van der Waals surface area contributed by atoms with Gasteiger partial charge in [-0.1, -0.05) is 6.07 Å². The fourth-order valence-corrected chi connectivity index (χ4v) is 3.72. The molecule has 2 aromatic heterocycles. The molecule has 10 heteroatoms. The number of nitrogens with two attached hydrogens (primary N) is 1. The van der Waals surface area contributed by atoms with Crippen molar-refractivity contribution < 1.29 is 14.3 Å². The van der Waals surface area contributed by atoms with Gasteiger partial charge in [0, 0.05) is 17.8 Å². The lowest BCUT2D eigenvalue weighted by Gasteiger charge is -2.10. The third kappa shape index (κ3) is 4.70. The smallest absolute Gasteiger partial charge is 0.239 e. The van der Waals surface area contributed by atoms with Crippen LogP contribution in [0.3, 0.4) is 0 Å². The number of hydrogen-bond donors (Lipinski definition) is 4. The summed E-state index contributed by atoms with van der Waals surface area (Å²) in [5.74, 6) is 1.82. The molecular formula is C24H27N7O3. The van der Waals surface area contributed by atoms with Crippen molar-refractivity contribution in [2.45, 2.75) is 19.9 Å². The highest BCUT2D eigenvalue weighted by molar-refractivity contribution is 5.98. The van der Waals surface area contributed by atoms with Crippen molar-refractivity contribution in [2.24, 2.45) is 5.73 Å². The van der Waals surface area contributed by atoms with E-state index in [0.29, 0.717) is 41.5 Å². The lowest BCUT2D eigenvalue weighted by molar-refractivity contribution is -0.121. The lowest BCUT2D eigenvalue weighted by atomic mass is 10.1. The molecule has 0 fully saturated rings. The summed E-state index contributed by atoms with van der Waals surface area (Å²) in [4.78, 5) is 24.8. The Morgan fingerprint density at radius 2 is 1.97 bits per heavy atom. The Bertz CT molecular complexity index is 1360. The number of aromatic nitrogens is 4. The third-order valence-corrected chi connectivity index (χ3v) is 5.61. The number of amidine groups is 1. The molecule has 0 spiro atoms. The number of rotatable bonds is 9. The van der Waals surface area contributed by atoms with Crippen molar-refractivity contribution >= 4 is 22.8 Å². The zero-order valence-electron chi connectivity index (χ0n) is 19.3. The van der Waals surface area contributed by atoms with Crippen LogP contribution in [0.2, 0.25) is 0 Å². The maximum Gasteiger partial charge on any atom is 0.239 e. The molecular weight excluding hydrogens is 434 g/mol. The number of amides is 1. The molecule has 10 nitrogen and oxygen atoms in total. The molecule has 1 amide bonds. The normalized spacial score (nSPS) is 10.9. The van der Waals surface area contributed by atoms with Crippen LogP contribution in [-0.2, 0) is 17.8 Å². The van der Waals surface area contributed by atoms with Crippen LogP contribution in [0, 0.1) is 12.3 Å². The standard InChI is InChI=1S/C24H27N7O3/c1-14-22(24-29-17-6-5-16(23(25)26)11-18(17)30-24)28-13-31(14)12-21(32)27-9-8-15-4-7-19(33-2)20(10-15)34-3/h4-7,10-11,13H,8-9,12H2,1-3H3,(H3,25,26)(H,27,32)(H,29,30). The Kier molecular flexibility index (Phi) is 6.48. The first kappa shape index (κ1) is 22.8. The first-order valence-corrected chi connectivity index (χ1v) is 10.7. The lowest BCUT2D eigenvalue weighted by Crippen LogP contribution is -2.29. The van der Waals surface area contributed by atoms with E-state index in [-0.39, 0.29) is 18.3 Å². The summed E-state index contributed by atoms with van der Waals surface area (Å²) < 4.78 is 12.4. The highest BCUT2D eigenvalue weighted by atomic mass is 16.5. The van der Waals surface area contributed by atoms with E-state index in [4.69, 9.17) is 20.6 Å². The monoisotopic (exact) mass is 461 g/mol. The highest BCUT2D eigenvalue weighted by Gasteiger charge is 2.15. The van der Waals surface area contributed by atoms with Crippen LogP contribution in [0.25, 0.3) is 22.6 Å². The first-order valence-electron chi connectivity index (χ1n) is 10.7. The van der Waals surface area contributed by atoms with Crippen LogP contribution in [0.1, 0.15) is 16.8 Å². The van der Waals surface area contributed by atoms with Gasteiger partial charge in [-0.25, -0.2) is 9.97 Å². The number of imidazole rings is 2. The van der Waals surface area contributed by atoms with Crippen molar-refractivity contribution in [2.75, 3.05) is 20.8 Å². The van der Waals surface area contributed by atoms with Crippen LogP contribution in [-0.4, -0.2) is 52.0 Å². The van der Waals surface area contributed by atoms with Crippen molar-refractivity contribution in [3.05, 3.63) is 59.5 Å².